The van der Waals surface area contributed by atoms with Crippen molar-refractivity contribution in [3.8, 4) is 11.6 Å². The Labute approximate surface area is 137 Å². The zero-order chi connectivity index (χ0) is 16.1. The van der Waals surface area contributed by atoms with Crippen molar-refractivity contribution in [1.82, 2.24) is 19.9 Å². The average Bonchev–Trinajstić information content (AvgIpc) is 2.99. The minimum atomic E-state index is -0.655. The number of nitrogens with one attached hydrogen (secondary N) is 3. The molecule has 0 saturated carbocycles. The normalized spacial score (nSPS) is 15.6. The van der Waals surface area contributed by atoms with Gasteiger partial charge in [-0.25, -0.2) is 4.79 Å². The van der Waals surface area contributed by atoms with E-state index in [2.05, 4.69) is 19.9 Å². The topological polar surface area (TPSA) is 130 Å². The maximum absolute atomic E-state index is 12.3. The largest absolute Gasteiger partial charge is 0.435 e. The van der Waals surface area contributed by atoms with E-state index in [0.717, 1.165) is 4.88 Å². The van der Waals surface area contributed by atoms with Gasteiger partial charge in [-0.05, 0) is 23.7 Å². The van der Waals surface area contributed by atoms with E-state index < -0.39 is 17.2 Å². The Bertz CT molecular complexity index is 1080. The summed E-state index contributed by atoms with van der Waals surface area (Å²) in [5, 5.41) is 1.89. The molecule has 4 heterocycles. The van der Waals surface area contributed by atoms with Crippen LogP contribution in [0.4, 0.5) is 5.82 Å². The number of nitrogens with zero attached hydrogens (tertiary/aromatic N) is 1. The quantitative estimate of drug-likeness (QED) is 0.386. The molecule has 0 aromatic carbocycles. The highest BCUT2D eigenvalue weighted by Gasteiger charge is 2.35. The van der Waals surface area contributed by atoms with Crippen molar-refractivity contribution >= 4 is 29.4 Å². The molecule has 1 atom stereocenters. The second kappa shape index (κ2) is 4.89. The first-order valence-corrected chi connectivity index (χ1v) is 7.81. The van der Waals surface area contributed by atoms with Crippen molar-refractivity contribution < 1.29 is 4.74 Å². The van der Waals surface area contributed by atoms with Crippen molar-refractivity contribution in [3.05, 3.63) is 59.3 Å². The molecule has 0 fully saturated rings. The Hall–Kier alpha value is -2.72. The standard InChI is InChI=1S/C13H9N5O3S2/c14-9-8-7(15-13(22)16-9)5(4-2-1-3-23-4)6-10(19)17-12(20)18-11(6)21-8/h1-3,5H,(H3,14,15,16,22)(H2,17,18,19,20). The van der Waals surface area contributed by atoms with Gasteiger partial charge in [-0.2, -0.15) is 4.98 Å². The summed E-state index contributed by atoms with van der Waals surface area (Å²) in [6, 6.07) is 3.75. The predicted octanol–water partition coefficient (Wildman–Crippen LogP) is 1.45. The smallest absolute Gasteiger partial charge is 0.328 e. The lowest BCUT2D eigenvalue weighted by Crippen LogP contribution is -2.31. The molecule has 5 N–H and O–H groups in total. The highest BCUT2D eigenvalue weighted by Crippen LogP contribution is 2.46. The molecule has 0 saturated heterocycles. The molecule has 0 spiro atoms. The zero-order valence-corrected chi connectivity index (χ0v) is 13.0. The number of H-pyrrole nitrogens is 3. The van der Waals surface area contributed by atoms with E-state index in [1.807, 2.05) is 17.5 Å². The Morgan fingerprint density at radius 1 is 1.30 bits per heavy atom. The predicted molar refractivity (Wildman–Crippen MR) is 86.9 cm³/mol. The molecular formula is C13H9N5O3S2. The van der Waals surface area contributed by atoms with Crippen LogP contribution in [-0.4, -0.2) is 19.9 Å². The number of thiophene rings is 1. The maximum atomic E-state index is 12.3. The summed E-state index contributed by atoms with van der Waals surface area (Å²) in [5.41, 5.74) is 5.54. The van der Waals surface area contributed by atoms with E-state index in [4.69, 9.17) is 22.7 Å². The van der Waals surface area contributed by atoms with Crippen molar-refractivity contribution in [2.24, 2.45) is 0 Å². The Morgan fingerprint density at radius 3 is 2.87 bits per heavy atom. The van der Waals surface area contributed by atoms with Crippen LogP contribution < -0.4 is 21.7 Å². The Balaban J connectivity index is 2.11. The van der Waals surface area contributed by atoms with Crippen LogP contribution in [0.25, 0.3) is 0 Å². The third-order valence-electron chi connectivity index (χ3n) is 3.49. The third-order valence-corrected chi connectivity index (χ3v) is 4.62. The molecular weight excluding hydrogens is 338 g/mol. The lowest BCUT2D eigenvalue weighted by molar-refractivity contribution is 0.423. The summed E-state index contributed by atoms with van der Waals surface area (Å²) in [4.78, 5) is 36.4. The fourth-order valence-electron chi connectivity index (χ4n) is 2.61. The highest BCUT2D eigenvalue weighted by molar-refractivity contribution is 7.71. The zero-order valence-electron chi connectivity index (χ0n) is 11.4. The molecule has 1 unspecified atom stereocenters. The number of aromatic amines is 3. The number of aromatic nitrogens is 4. The van der Waals surface area contributed by atoms with Gasteiger partial charge < -0.3 is 15.5 Å². The van der Waals surface area contributed by atoms with Crippen molar-refractivity contribution in [1.29, 1.82) is 0 Å². The molecule has 23 heavy (non-hydrogen) atoms. The molecule has 3 aromatic heterocycles. The fraction of sp³-hybridized carbons (Fsp3) is 0.0769. The number of ether oxygens (including phenoxy) is 1. The summed E-state index contributed by atoms with van der Waals surface area (Å²) in [7, 11) is 0. The first-order chi connectivity index (χ1) is 11.0. The highest BCUT2D eigenvalue weighted by atomic mass is 32.1. The Kier molecular flexibility index (Phi) is 2.96. The van der Waals surface area contributed by atoms with Crippen LogP contribution in [0.15, 0.2) is 27.1 Å². The number of fused-ring (bicyclic) bond motifs is 2. The molecule has 1 aliphatic heterocycles. The summed E-state index contributed by atoms with van der Waals surface area (Å²) >= 11 is 6.54. The Morgan fingerprint density at radius 2 is 2.13 bits per heavy atom. The van der Waals surface area contributed by atoms with Crippen LogP contribution in [0.1, 0.15) is 22.1 Å². The number of nitrogen functional groups attached to an aromatic ring is 1. The van der Waals surface area contributed by atoms with E-state index in [9.17, 15) is 9.59 Å². The van der Waals surface area contributed by atoms with Gasteiger partial charge in [0.25, 0.3) is 5.56 Å². The number of hydrogen-bond donors (Lipinski definition) is 4. The van der Waals surface area contributed by atoms with E-state index in [0.29, 0.717) is 5.69 Å². The van der Waals surface area contributed by atoms with Crippen LogP contribution in [0.3, 0.4) is 0 Å². The van der Waals surface area contributed by atoms with Crippen molar-refractivity contribution in [2.75, 3.05) is 5.73 Å². The molecule has 1 aliphatic rings. The number of rotatable bonds is 1. The number of anilines is 1. The molecule has 116 valence electrons. The van der Waals surface area contributed by atoms with Crippen LogP contribution in [0.2, 0.25) is 0 Å². The van der Waals surface area contributed by atoms with Gasteiger partial charge >= 0.3 is 5.69 Å². The molecule has 0 aliphatic carbocycles. The van der Waals surface area contributed by atoms with E-state index >= 15 is 0 Å². The number of hydrogen-bond acceptors (Lipinski definition) is 7. The van der Waals surface area contributed by atoms with Crippen LogP contribution >= 0.6 is 23.6 Å². The molecule has 0 amide bonds. The van der Waals surface area contributed by atoms with Gasteiger partial charge in [-0.1, -0.05) is 6.07 Å². The minimum Gasteiger partial charge on any atom is -0.435 e. The summed E-state index contributed by atoms with van der Waals surface area (Å²) in [6.45, 7) is 0. The van der Waals surface area contributed by atoms with E-state index in [1.54, 1.807) is 0 Å². The van der Waals surface area contributed by atoms with Gasteiger partial charge in [0.15, 0.2) is 16.3 Å². The van der Waals surface area contributed by atoms with E-state index in [-0.39, 0.29) is 27.8 Å². The SMILES string of the molecule is Nc1nc(=S)[nH]c2c1Oc1[nH]c(=O)[nH]c(=O)c1C2c1cccs1. The first kappa shape index (κ1) is 13.9. The monoisotopic (exact) mass is 347 g/mol. The lowest BCUT2D eigenvalue weighted by Gasteiger charge is -2.26. The summed E-state index contributed by atoms with van der Waals surface area (Å²) in [5.74, 6) is -0.0761. The average molecular weight is 347 g/mol. The van der Waals surface area contributed by atoms with Gasteiger partial charge in [-0.3, -0.25) is 14.8 Å². The van der Waals surface area contributed by atoms with Crippen molar-refractivity contribution in [3.63, 3.8) is 0 Å². The molecule has 3 aromatic rings. The molecule has 4 rings (SSSR count). The summed E-state index contributed by atoms with van der Waals surface area (Å²) < 4.78 is 5.81. The first-order valence-electron chi connectivity index (χ1n) is 6.52. The molecule has 0 radical (unpaired) electrons. The van der Waals surface area contributed by atoms with Crippen molar-refractivity contribution in [2.45, 2.75) is 5.92 Å². The molecule has 8 nitrogen and oxygen atoms in total. The fourth-order valence-corrected chi connectivity index (χ4v) is 3.66. The molecule has 0 bridgehead atoms. The molecule has 10 heteroatoms. The third kappa shape index (κ3) is 2.11. The van der Waals surface area contributed by atoms with Crippen LogP contribution in [0, 0.1) is 4.77 Å². The number of nitrogens with two attached hydrogens (primary N) is 1. The lowest BCUT2D eigenvalue weighted by atomic mass is 9.93. The van der Waals surface area contributed by atoms with Gasteiger partial charge in [0, 0.05) is 4.88 Å². The minimum absolute atomic E-state index is 0.0590. The van der Waals surface area contributed by atoms with E-state index in [1.165, 1.54) is 11.3 Å². The van der Waals surface area contributed by atoms with Gasteiger partial charge in [0.2, 0.25) is 5.88 Å². The van der Waals surface area contributed by atoms with Gasteiger partial charge in [0.1, 0.15) is 0 Å². The summed E-state index contributed by atoms with van der Waals surface area (Å²) in [6.07, 6.45) is 0. The second-order valence-electron chi connectivity index (χ2n) is 4.87. The van der Waals surface area contributed by atoms with Crippen LogP contribution in [0.5, 0.6) is 11.6 Å². The maximum Gasteiger partial charge on any atom is 0.328 e. The van der Waals surface area contributed by atoms with Gasteiger partial charge in [-0.15, -0.1) is 11.3 Å². The van der Waals surface area contributed by atoms with Gasteiger partial charge in [0.05, 0.1) is 17.2 Å². The van der Waals surface area contributed by atoms with Crippen LogP contribution in [-0.2, 0) is 0 Å². The second-order valence-corrected chi connectivity index (χ2v) is 6.24.